The highest BCUT2D eigenvalue weighted by Crippen LogP contribution is 2.29. The molecule has 0 unspecified atom stereocenters. The van der Waals surface area contributed by atoms with Crippen molar-refractivity contribution in [2.45, 2.75) is 6.61 Å². The predicted octanol–water partition coefficient (Wildman–Crippen LogP) is 5.12. The number of benzene rings is 2. The minimum Gasteiger partial charge on any atom is -0.487 e. The van der Waals surface area contributed by atoms with E-state index in [1.54, 1.807) is 24.4 Å². The molecule has 3 rings (SSSR count). The van der Waals surface area contributed by atoms with E-state index in [1.165, 1.54) is 0 Å². The van der Waals surface area contributed by atoms with Gasteiger partial charge in [-0.05, 0) is 24.3 Å². The van der Waals surface area contributed by atoms with Crippen molar-refractivity contribution in [1.29, 1.82) is 0 Å². The monoisotopic (exact) mass is 303 g/mol. The molecule has 0 fully saturated rings. The van der Waals surface area contributed by atoms with Gasteiger partial charge in [-0.15, -0.1) is 0 Å². The van der Waals surface area contributed by atoms with Crippen LogP contribution in [0.25, 0.3) is 10.9 Å². The van der Waals surface area contributed by atoms with Gasteiger partial charge in [-0.25, -0.2) is 0 Å². The van der Waals surface area contributed by atoms with Crippen LogP contribution >= 0.6 is 23.2 Å². The molecule has 100 valence electrons. The van der Waals surface area contributed by atoms with Crippen molar-refractivity contribution < 1.29 is 4.74 Å². The Balaban J connectivity index is 1.89. The third-order valence-corrected chi connectivity index (χ3v) is 3.56. The summed E-state index contributed by atoms with van der Waals surface area (Å²) in [6.45, 7) is 0.420. The molecule has 0 amide bonds. The topological polar surface area (TPSA) is 22.1 Å². The standard InChI is InChI=1S/C16H11Cl2NO/c17-12-5-6-14(18)16(9-12)20-10-11-7-8-19-15-4-2-1-3-13(11)15/h1-9H,10H2. The third kappa shape index (κ3) is 2.72. The van der Waals surface area contributed by atoms with Gasteiger partial charge < -0.3 is 4.74 Å². The van der Waals surface area contributed by atoms with Crippen LogP contribution in [0.4, 0.5) is 0 Å². The lowest BCUT2D eigenvalue weighted by Crippen LogP contribution is -1.97. The fourth-order valence-corrected chi connectivity index (χ4v) is 2.36. The molecule has 3 aromatic rings. The van der Waals surface area contributed by atoms with Gasteiger partial charge in [-0.1, -0.05) is 41.4 Å². The number of halogens is 2. The van der Waals surface area contributed by atoms with Gasteiger partial charge in [0.25, 0.3) is 0 Å². The Morgan fingerprint density at radius 1 is 1.00 bits per heavy atom. The van der Waals surface area contributed by atoms with Crippen molar-refractivity contribution in [2.75, 3.05) is 0 Å². The highest BCUT2D eigenvalue weighted by molar-refractivity contribution is 6.34. The molecule has 0 aliphatic heterocycles. The quantitative estimate of drug-likeness (QED) is 0.670. The van der Waals surface area contributed by atoms with E-state index in [0.717, 1.165) is 16.5 Å². The maximum absolute atomic E-state index is 6.08. The van der Waals surface area contributed by atoms with Crippen LogP contribution in [0.15, 0.2) is 54.7 Å². The van der Waals surface area contributed by atoms with Gasteiger partial charge in [0.15, 0.2) is 0 Å². The summed E-state index contributed by atoms with van der Waals surface area (Å²) in [7, 11) is 0. The summed E-state index contributed by atoms with van der Waals surface area (Å²) >= 11 is 12.0. The molecule has 0 radical (unpaired) electrons. The molecule has 0 saturated carbocycles. The first-order valence-corrected chi connectivity index (χ1v) is 6.90. The van der Waals surface area contributed by atoms with Gasteiger partial charge in [0.05, 0.1) is 10.5 Å². The number of aromatic nitrogens is 1. The van der Waals surface area contributed by atoms with Crippen LogP contribution in [0.1, 0.15) is 5.56 Å². The molecule has 20 heavy (non-hydrogen) atoms. The molecule has 0 N–H and O–H groups in total. The number of para-hydroxylation sites is 1. The Labute approximate surface area is 126 Å². The molecule has 1 aromatic heterocycles. The summed E-state index contributed by atoms with van der Waals surface area (Å²) in [6.07, 6.45) is 1.78. The van der Waals surface area contributed by atoms with E-state index in [9.17, 15) is 0 Å². The van der Waals surface area contributed by atoms with Gasteiger partial charge in [-0.3, -0.25) is 4.98 Å². The van der Waals surface area contributed by atoms with Crippen LogP contribution in [0.5, 0.6) is 5.75 Å². The number of rotatable bonds is 3. The number of pyridine rings is 1. The normalized spacial score (nSPS) is 10.7. The lowest BCUT2D eigenvalue weighted by molar-refractivity contribution is 0.308. The predicted molar refractivity (Wildman–Crippen MR) is 82.5 cm³/mol. The van der Waals surface area contributed by atoms with Gasteiger partial charge in [0, 0.05) is 28.2 Å². The van der Waals surface area contributed by atoms with Crippen LogP contribution in [-0.4, -0.2) is 4.98 Å². The van der Waals surface area contributed by atoms with Crippen LogP contribution in [0.3, 0.4) is 0 Å². The summed E-state index contributed by atoms with van der Waals surface area (Å²) in [5.74, 6) is 0.583. The van der Waals surface area contributed by atoms with Crippen molar-refractivity contribution in [1.82, 2.24) is 4.98 Å². The molecular formula is C16H11Cl2NO. The Kier molecular flexibility index (Phi) is 3.77. The highest BCUT2D eigenvalue weighted by atomic mass is 35.5. The molecule has 0 aliphatic rings. The molecule has 1 heterocycles. The Morgan fingerprint density at radius 3 is 2.75 bits per heavy atom. The largest absolute Gasteiger partial charge is 0.487 e. The van der Waals surface area contributed by atoms with Crippen molar-refractivity contribution in [3.05, 3.63) is 70.3 Å². The molecule has 0 saturated heterocycles. The lowest BCUT2D eigenvalue weighted by Gasteiger charge is -2.10. The second-order valence-electron chi connectivity index (χ2n) is 4.35. The average Bonchev–Trinajstić information content (AvgIpc) is 2.48. The molecule has 2 aromatic carbocycles. The molecular weight excluding hydrogens is 293 g/mol. The number of ether oxygens (including phenoxy) is 1. The number of hydrogen-bond donors (Lipinski definition) is 0. The summed E-state index contributed by atoms with van der Waals surface area (Å²) in [6, 6.07) is 15.1. The van der Waals surface area contributed by atoms with Crippen molar-refractivity contribution in [2.24, 2.45) is 0 Å². The first-order valence-electron chi connectivity index (χ1n) is 6.14. The number of fused-ring (bicyclic) bond motifs is 1. The Morgan fingerprint density at radius 2 is 1.85 bits per heavy atom. The van der Waals surface area contributed by atoms with E-state index in [-0.39, 0.29) is 0 Å². The van der Waals surface area contributed by atoms with Crippen molar-refractivity contribution >= 4 is 34.1 Å². The fourth-order valence-electron chi connectivity index (χ4n) is 2.02. The average molecular weight is 304 g/mol. The third-order valence-electron chi connectivity index (χ3n) is 3.02. The zero-order valence-electron chi connectivity index (χ0n) is 10.5. The van der Waals surface area contributed by atoms with E-state index in [0.29, 0.717) is 22.4 Å². The molecule has 2 nitrogen and oxygen atoms in total. The van der Waals surface area contributed by atoms with E-state index < -0.39 is 0 Å². The minimum absolute atomic E-state index is 0.420. The van der Waals surface area contributed by atoms with E-state index in [4.69, 9.17) is 27.9 Å². The zero-order chi connectivity index (χ0) is 13.9. The highest BCUT2D eigenvalue weighted by Gasteiger charge is 2.05. The first-order chi connectivity index (χ1) is 9.74. The smallest absolute Gasteiger partial charge is 0.139 e. The SMILES string of the molecule is Clc1ccc(Cl)c(OCc2ccnc3ccccc23)c1. The second-order valence-corrected chi connectivity index (χ2v) is 5.19. The number of nitrogens with zero attached hydrogens (tertiary/aromatic N) is 1. The van der Waals surface area contributed by atoms with Gasteiger partial charge >= 0.3 is 0 Å². The molecule has 0 bridgehead atoms. The summed E-state index contributed by atoms with van der Waals surface area (Å²) < 4.78 is 5.77. The molecule has 0 atom stereocenters. The van der Waals surface area contributed by atoms with Crippen LogP contribution in [-0.2, 0) is 6.61 Å². The van der Waals surface area contributed by atoms with Crippen molar-refractivity contribution in [3.8, 4) is 5.75 Å². The van der Waals surface area contributed by atoms with Gasteiger partial charge in [0.1, 0.15) is 12.4 Å². The number of hydrogen-bond acceptors (Lipinski definition) is 2. The maximum atomic E-state index is 6.08. The minimum atomic E-state index is 0.420. The molecule has 0 spiro atoms. The molecule has 0 aliphatic carbocycles. The second kappa shape index (κ2) is 5.70. The lowest BCUT2D eigenvalue weighted by atomic mass is 10.1. The van der Waals surface area contributed by atoms with Crippen LogP contribution < -0.4 is 4.74 Å². The van der Waals surface area contributed by atoms with Crippen molar-refractivity contribution in [3.63, 3.8) is 0 Å². The summed E-state index contributed by atoms with van der Waals surface area (Å²) in [5, 5.41) is 2.23. The Bertz CT molecular complexity index is 753. The van der Waals surface area contributed by atoms with E-state index in [1.807, 2.05) is 30.3 Å². The van der Waals surface area contributed by atoms with Gasteiger partial charge in [0.2, 0.25) is 0 Å². The summed E-state index contributed by atoms with van der Waals surface area (Å²) in [5.41, 5.74) is 2.01. The van der Waals surface area contributed by atoms with E-state index >= 15 is 0 Å². The van der Waals surface area contributed by atoms with E-state index in [2.05, 4.69) is 4.98 Å². The van der Waals surface area contributed by atoms with Crippen LogP contribution in [0, 0.1) is 0 Å². The zero-order valence-corrected chi connectivity index (χ0v) is 12.0. The first kappa shape index (κ1) is 13.2. The fraction of sp³-hybridized carbons (Fsp3) is 0.0625. The van der Waals surface area contributed by atoms with Crippen LogP contribution in [0.2, 0.25) is 10.0 Å². The summed E-state index contributed by atoms with van der Waals surface area (Å²) in [4.78, 5) is 4.33. The Hall–Kier alpha value is -1.77. The maximum Gasteiger partial charge on any atom is 0.139 e. The molecule has 4 heteroatoms. The van der Waals surface area contributed by atoms with Gasteiger partial charge in [-0.2, -0.15) is 0 Å².